The molecule has 0 N–H and O–H groups in total. The SMILES string of the molecule is CC=CN1CCN(c2nc(OCC3(CN4CCCC4)CC3)nc3c2CCN(c2cccc(Cl)c2C(F)(F)F)C3)CC1CC#N. The van der Waals surface area contributed by atoms with E-state index >= 15 is 0 Å². The highest BCUT2D eigenvalue weighted by Gasteiger charge is 2.45. The van der Waals surface area contributed by atoms with Crippen molar-refractivity contribution in [1.82, 2.24) is 19.8 Å². The number of hydrogen-bond donors (Lipinski definition) is 0. The molecule has 236 valence electrons. The number of rotatable bonds is 9. The molecule has 6 rings (SSSR count). The third kappa shape index (κ3) is 6.57. The topological polar surface area (TPSA) is 71.8 Å². The van der Waals surface area contributed by atoms with Gasteiger partial charge in [-0.05, 0) is 70.5 Å². The first-order chi connectivity index (χ1) is 21.2. The Morgan fingerprint density at radius 3 is 2.61 bits per heavy atom. The lowest BCUT2D eigenvalue weighted by atomic mass is 10.0. The van der Waals surface area contributed by atoms with E-state index in [-0.39, 0.29) is 34.7 Å². The number of ether oxygens (including phenoxy) is 1. The van der Waals surface area contributed by atoms with Gasteiger partial charge in [-0.3, -0.25) is 0 Å². The average Bonchev–Trinajstić information content (AvgIpc) is 3.57. The van der Waals surface area contributed by atoms with Gasteiger partial charge in [-0.1, -0.05) is 23.7 Å². The number of aromatic nitrogens is 2. The van der Waals surface area contributed by atoms with Gasteiger partial charge in [-0.15, -0.1) is 0 Å². The van der Waals surface area contributed by atoms with Crippen LogP contribution in [0.5, 0.6) is 6.01 Å². The Kier molecular flexibility index (Phi) is 8.84. The largest absolute Gasteiger partial charge is 0.463 e. The monoisotopic (exact) mass is 629 g/mol. The molecule has 2 aromatic rings. The number of halogens is 4. The van der Waals surface area contributed by atoms with Gasteiger partial charge in [0.15, 0.2) is 0 Å². The van der Waals surface area contributed by atoms with Crippen LogP contribution in [0.25, 0.3) is 0 Å². The molecule has 4 heterocycles. The Hall–Kier alpha value is -3.23. The minimum absolute atomic E-state index is 0.00368. The summed E-state index contributed by atoms with van der Waals surface area (Å²) < 4.78 is 48.6. The first-order valence-corrected chi connectivity index (χ1v) is 15.9. The second-order valence-corrected chi connectivity index (χ2v) is 12.9. The quantitative estimate of drug-likeness (QED) is 0.339. The maximum atomic E-state index is 14.1. The third-order valence-electron chi connectivity index (χ3n) is 9.36. The van der Waals surface area contributed by atoms with Crippen molar-refractivity contribution in [3.05, 3.63) is 52.3 Å². The van der Waals surface area contributed by atoms with Crippen molar-refractivity contribution in [2.75, 3.05) is 62.2 Å². The normalized spacial score (nSPS) is 21.9. The standard InChI is InChI=1S/C32H39ClF3N7O/c1-2-13-41-17-18-43(19-23(41)8-12-37)29-24-9-16-42(27-7-5-6-25(33)28(27)32(34,35)36)20-26(24)38-30(39-29)44-22-31(10-11-31)21-40-14-3-4-15-40/h2,5-7,13,23H,3-4,8-11,14-22H2,1H3. The summed E-state index contributed by atoms with van der Waals surface area (Å²) >= 11 is 6.08. The van der Waals surface area contributed by atoms with Crippen LogP contribution in [0.2, 0.25) is 5.02 Å². The average molecular weight is 630 g/mol. The molecule has 1 atom stereocenters. The van der Waals surface area contributed by atoms with Gasteiger partial charge in [0.1, 0.15) is 5.82 Å². The van der Waals surface area contributed by atoms with Crippen molar-refractivity contribution in [2.45, 2.75) is 64.2 Å². The van der Waals surface area contributed by atoms with Gasteiger partial charge < -0.3 is 24.3 Å². The molecule has 1 aromatic carbocycles. The number of fused-ring (bicyclic) bond motifs is 1. The van der Waals surface area contributed by atoms with E-state index in [0.717, 1.165) is 50.4 Å². The van der Waals surface area contributed by atoms with Crippen LogP contribution in [-0.4, -0.2) is 78.2 Å². The van der Waals surface area contributed by atoms with Crippen molar-refractivity contribution >= 4 is 23.1 Å². The molecule has 1 aliphatic carbocycles. The molecule has 44 heavy (non-hydrogen) atoms. The lowest BCUT2D eigenvalue weighted by molar-refractivity contribution is -0.137. The molecule has 1 saturated carbocycles. The molecule has 0 bridgehead atoms. The molecule has 1 unspecified atom stereocenters. The van der Waals surface area contributed by atoms with Gasteiger partial charge in [-0.2, -0.15) is 28.4 Å². The highest BCUT2D eigenvalue weighted by atomic mass is 35.5. The van der Waals surface area contributed by atoms with E-state index in [1.807, 2.05) is 19.2 Å². The summed E-state index contributed by atoms with van der Waals surface area (Å²) in [6.07, 6.45) is 4.96. The molecule has 12 heteroatoms. The molecule has 0 spiro atoms. The predicted molar refractivity (Wildman–Crippen MR) is 164 cm³/mol. The summed E-state index contributed by atoms with van der Waals surface area (Å²) in [5.74, 6) is 0.763. The van der Waals surface area contributed by atoms with E-state index < -0.39 is 11.7 Å². The number of hydrogen-bond acceptors (Lipinski definition) is 8. The summed E-state index contributed by atoms with van der Waals surface area (Å²) in [7, 11) is 0. The molecule has 1 aromatic heterocycles. The number of likely N-dealkylation sites (tertiary alicyclic amines) is 1. The van der Waals surface area contributed by atoms with Gasteiger partial charge in [0.25, 0.3) is 0 Å². The number of piperazine rings is 1. The molecule has 0 radical (unpaired) electrons. The van der Waals surface area contributed by atoms with E-state index in [1.54, 1.807) is 11.0 Å². The predicted octanol–water partition coefficient (Wildman–Crippen LogP) is 5.90. The highest BCUT2D eigenvalue weighted by molar-refractivity contribution is 6.31. The molecule has 3 aliphatic heterocycles. The molecular weight excluding hydrogens is 591 g/mol. The smallest absolute Gasteiger partial charge is 0.419 e. The number of alkyl halides is 3. The van der Waals surface area contributed by atoms with Gasteiger partial charge >= 0.3 is 12.2 Å². The zero-order valence-corrected chi connectivity index (χ0v) is 25.9. The number of anilines is 2. The van der Waals surface area contributed by atoms with Crippen LogP contribution in [0.15, 0.2) is 30.5 Å². The number of benzene rings is 1. The molecule has 8 nitrogen and oxygen atoms in total. The Morgan fingerprint density at radius 1 is 1.11 bits per heavy atom. The zero-order valence-electron chi connectivity index (χ0n) is 25.1. The fourth-order valence-electron chi connectivity index (χ4n) is 6.87. The third-order valence-corrected chi connectivity index (χ3v) is 9.67. The van der Waals surface area contributed by atoms with Crippen molar-refractivity contribution in [3.8, 4) is 12.1 Å². The summed E-state index contributed by atoms with van der Waals surface area (Å²) in [6, 6.07) is 6.88. The molecule has 3 fully saturated rings. The Bertz CT molecular complexity index is 1420. The van der Waals surface area contributed by atoms with Gasteiger partial charge in [0, 0.05) is 43.7 Å². The Morgan fingerprint density at radius 2 is 1.91 bits per heavy atom. The number of nitrogens with zero attached hydrogens (tertiary/aromatic N) is 7. The molecule has 2 saturated heterocycles. The lowest BCUT2D eigenvalue weighted by Gasteiger charge is -2.42. The van der Waals surface area contributed by atoms with Crippen molar-refractivity contribution < 1.29 is 17.9 Å². The first-order valence-electron chi connectivity index (χ1n) is 15.6. The minimum atomic E-state index is -4.59. The summed E-state index contributed by atoms with van der Waals surface area (Å²) in [6.45, 7) is 8.34. The van der Waals surface area contributed by atoms with Crippen LogP contribution in [0, 0.1) is 16.7 Å². The fourth-order valence-corrected chi connectivity index (χ4v) is 7.15. The molecular formula is C32H39ClF3N7O. The highest BCUT2D eigenvalue weighted by Crippen LogP contribution is 2.47. The Labute approximate surface area is 262 Å². The molecule has 0 amide bonds. The van der Waals surface area contributed by atoms with Crippen LogP contribution >= 0.6 is 11.6 Å². The van der Waals surface area contributed by atoms with Gasteiger partial charge in [-0.25, -0.2) is 0 Å². The molecule has 4 aliphatic rings. The Balaban J connectivity index is 1.30. The summed E-state index contributed by atoms with van der Waals surface area (Å²) in [5.41, 5.74) is 0.926. The van der Waals surface area contributed by atoms with E-state index in [1.165, 1.54) is 25.0 Å². The maximum Gasteiger partial charge on any atom is 0.419 e. The van der Waals surface area contributed by atoms with Crippen LogP contribution in [0.3, 0.4) is 0 Å². The van der Waals surface area contributed by atoms with Crippen LogP contribution < -0.4 is 14.5 Å². The van der Waals surface area contributed by atoms with Crippen LogP contribution in [0.1, 0.15) is 55.8 Å². The van der Waals surface area contributed by atoms with E-state index in [2.05, 4.69) is 20.8 Å². The van der Waals surface area contributed by atoms with E-state index in [4.69, 9.17) is 26.3 Å². The number of allylic oxidation sites excluding steroid dienone is 1. The van der Waals surface area contributed by atoms with Crippen molar-refractivity contribution in [2.24, 2.45) is 5.41 Å². The van der Waals surface area contributed by atoms with E-state index in [9.17, 15) is 18.4 Å². The van der Waals surface area contributed by atoms with Gasteiger partial charge in [0.2, 0.25) is 0 Å². The van der Waals surface area contributed by atoms with Crippen molar-refractivity contribution in [1.29, 1.82) is 5.26 Å². The van der Waals surface area contributed by atoms with Crippen molar-refractivity contribution in [3.63, 3.8) is 0 Å². The van der Waals surface area contributed by atoms with Crippen LogP contribution in [0.4, 0.5) is 24.7 Å². The first kappa shape index (κ1) is 30.8. The zero-order chi connectivity index (χ0) is 30.9. The summed E-state index contributed by atoms with van der Waals surface area (Å²) in [5, 5.41) is 9.21. The summed E-state index contributed by atoms with van der Waals surface area (Å²) in [4.78, 5) is 18.4. The minimum Gasteiger partial charge on any atom is -0.463 e. The lowest BCUT2D eigenvalue weighted by Crippen LogP contribution is -2.51. The second-order valence-electron chi connectivity index (χ2n) is 12.5. The second kappa shape index (κ2) is 12.6. The van der Waals surface area contributed by atoms with Crippen LogP contribution in [-0.2, 0) is 19.1 Å². The van der Waals surface area contributed by atoms with E-state index in [0.29, 0.717) is 44.8 Å². The number of nitriles is 1. The maximum absolute atomic E-state index is 14.1. The van der Waals surface area contributed by atoms with Gasteiger partial charge in [0.05, 0.1) is 53.7 Å². The fraction of sp³-hybridized carbons (Fsp3) is 0.594.